The second kappa shape index (κ2) is 5.89. The van der Waals surface area contributed by atoms with E-state index in [2.05, 4.69) is 9.98 Å². The molecular formula is C16H12N2O2. The predicted octanol–water partition coefficient (Wildman–Crippen LogP) is 3.91. The van der Waals surface area contributed by atoms with Crippen LogP contribution in [0.25, 0.3) is 11.1 Å². The first kappa shape index (κ1) is 13.6. The zero-order chi connectivity index (χ0) is 14.5. The fraction of sp³-hybridized carbons (Fsp3) is 0.125. The van der Waals surface area contributed by atoms with Crippen molar-refractivity contribution in [2.24, 2.45) is 9.98 Å². The Morgan fingerprint density at radius 1 is 0.850 bits per heavy atom. The van der Waals surface area contributed by atoms with Crippen LogP contribution in [0, 0.1) is 13.8 Å². The number of rotatable bonds is 3. The number of hydrogen-bond acceptors (Lipinski definition) is 4. The highest BCUT2D eigenvalue weighted by atomic mass is 16.1. The maximum absolute atomic E-state index is 10.4. The average molecular weight is 264 g/mol. The highest BCUT2D eigenvalue weighted by molar-refractivity contribution is 5.75. The van der Waals surface area contributed by atoms with Crippen LogP contribution in [-0.4, -0.2) is 12.2 Å². The zero-order valence-corrected chi connectivity index (χ0v) is 11.2. The lowest BCUT2D eigenvalue weighted by molar-refractivity contribution is 0.564. The monoisotopic (exact) mass is 264 g/mol. The third-order valence-corrected chi connectivity index (χ3v) is 3.08. The van der Waals surface area contributed by atoms with E-state index in [9.17, 15) is 9.59 Å². The van der Waals surface area contributed by atoms with Crippen molar-refractivity contribution in [3.8, 4) is 11.1 Å². The van der Waals surface area contributed by atoms with Crippen LogP contribution in [0.3, 0.4) is 0 Å². The molecule has 4 heteroatoms. The van der Waals surface area contributed by atoms with Crippen molar-refractivity contribution in [1.82, 2.24) is 0 Å². The summed E-state index contributed by atoms with van der Waals surface area (Å²) in [5.41, 5.74) is 4.91. The summed E-state index contributed by atoms with van der Waals surface area (Å²) in [5, 5.41) is 0. The highest BCUT2D eigenvalue weighted by Crippen LogP contribution is 2.31. The van der Waals surface area contributed by atoms with Gasteiger partial charge in [0.25, 0.3) is 0 Å². The minimum Gasteiger partial charge on any atom is -0.211 e. The van der Waals surface area contributed by atoms with E-state index >= 15 is 0 Å². The summed E-state index contributed by atoms with van der Waals surface area (Å²) in [4.78, 5) is 28.1. The van der Waals surface area contributed by atoms with E-state index < -0.39 is 0 Å². The van der Waals surface area contributed by atoms with Gasteiger partial charge in [-0.1, -0.05) is 18.2 Å². The van der Waals surface area contributed by atoms with Crippen LogP contribution in [0.2, 0.25) is 0 Å². The van der Waals surface area contributed by atoms with Gasteiger partial charge < -0.3 is 0 Å². The molecular weight excluding hydrogens is 252 g/mol. The van der Waals surface area contributed by atoms with E-state index in [1.54, 1.807) is 18.2 Å². The SMILES string of the molecule is Cc1ccc(-c2cc(N=C=O)ccc2C)cc1N=C=O. The third kappa shape index (κ3) is 2.78. The molecule has 0 unspecified atom stereocenters. The standard InChI is InChI=1S/C16H12N2O2/c1-11-4-6-14(17-9-19)8-15(11)13-5-3-12(2)16(7-13)18-10-20/h3-8H,1-2H3. The Labute approximate surface area is 116 Å². The predicted molar refractivity (Wildman–Crippen MR) is 76.9 cm³/mol. The largest absolute Gasteiger partial charge is 0.240 e. The van der Waals surface area contributed by atoms with E-state index in [0.717, 1.165) is 22.3 Å². The summed E-state index contributed by atoms with van der Waals surface area (Å²) in [5.74, 6) is 0. The molecule has 2 aromatic rings. The highest BCUT2D eigenvalue weighted by Gasteiger charge is 2.06. The van der Waals surface area contributed by atoms with Gasteiger partial charge in [-0.2, -0.15) is 9.98 Å². The van der Waals surface area contributed by atoms with Crippen molar-refractivity contribution in [3.63, 3.8) is 0 Å². The van der Waals surface area contributed by atoms with Crippen molar-refractivity contribution >= 4 is 23.5 Å². The third-order valence-electron chi connectivity index (χ3n) is 3.08. The van der Waals surface area contributed by atoms with Crippen LogP contribution < -0.4 is 0 Å². The Morgan fingerprint density at radius 3 is 2.25 bits per heavy atom. The van der Waals surface area contributed by atoms with E-state index in [1.807, 2.05) is 38.1 Å². The van der Waals surface area contributed by atoms with Gasteiger partial charge in [-0.15, -0.1) is 0 Å². The van der Waals surface area contributed by atoms with Crippen molar-refractivity contribution < 1.29 is 9.59 Å². The maximum atomic E-state index is 10.4. The van der Waals surface area contributed by atoms with Crippen LogP contribution in [0.5, 0.6) is 0 Å². The maximum Gasteiger partial charge on any atom is 0.240 e. The molecule has 0 N–H and O–H groups in total. The Kier molecular flexibility index (Phi) is 4.02. The lowest BCUT2D eigenvalue weighted by Gasteiger charge is -2.08. The molecule has 0 bridgehead atoms. The lowest BCUT2D eigenvalue weighted by atomic mass is 9.98. The van der Waals surface area contributed by atoms with E-state index in [1.165, 1.54) is 6.08 Å². The number of nitrogens with zero attached hydrogens (tertiary/aromatic N) is 2. The Hall–Kier alpha value is -2.80. The van der Waals surface area contributed by atoms with Crippen molar-refractivity contribution in [3.05, 3.63) is 47.5 Å². The number of benzene rings is 2. The molecule has 0 aromatic heterocycles. The molecule has 0 aliphatic carbocycles. The van der Waals surface area contributed by atoms with Gasteiger partial charge >= 0.3 is 0 Å². The number of hydrogen-bond donors (Lipinski definition) is 0. The van der Waals surface area contributed by atoms with Gasteiger partial charge in [-0.05, 0) is 54.3 Å². The molecule has 0 amide bonds. The fourth-order valence-corrected chi connectivity index (χ4v) is 1.99. The van der Waals surface area contributed by atoms with Crippen LogP contribution in [0.1, 0.15) is 11.1 Å². The Bertz CT molecular complexity index is 753. The van der Waals surface area contributed by atoms with Gasteiger partial charge in [0.2, 0.25) is 12.2 Å². The normalized spacial score (nSPS) is 9.50. The quantitative estimate of drug-likeness (QED) is 0.623. The molecule has 0 radical (unpaired) electrons. The first-order valence-corrected chi connectivity index (χ1v) is 6.03. The Balaban J connectivity index is 2.61. The van der Waals surface area contributed by atoms with Crippen molar-refractivity contribution in [2.45, 2.75) is 13.8 Å². The molecule has 98 valence electrons. The van der Waals surface area contributed by atoms with Gasteiger partial charge in [-0.25, -0.2) is 9.59 Å². The smallest absolute Gasteiger partial charge is 0.211 e. The summed E-state index contributed by atoms with van der Waals surface area (Å²) in [7, 11) is 0. The van der Waals surface area contributed by atoms with Gasteiger partial charge in [0.1, 0.15) is 0 Å². The summed E-state index contributed by atoms with van der Waals surface area (Å²) >= 11 is 0. The molecule has 0 heterocycles. The molecule has 0 fully saturated rings. The molecule has 0 atom stereocenters. The fourth-order valence-electron chi connectivity index (χ4n) is 1.99. The Morgan fingerprint density at radius 2 is 1.55 bits per heavy atom. The molecule has 0 aliphatic rings. The molecule has 2 aromatic carbocycles. The summed E-state index contributed by atoms with van der Waals surface area (Å²) < 4.78 is 0. The first-order valence-electron chi connectivity index (χ1n) is 6.03. The molecule has 4 nitrogen and oxygen atoms in total. The molecule has 0 aliphatic heterocycles. The van der Waals surface area contributed by atoms with Gasteiger partial charge in [0.05, 0.1) is 11.4 Å². The zero-order valence-electron chi connectivity index (χ0n) is 11.2. The lowest BCUT2D eigenvalue weighted by Crippen LogP contribution is -1.84. The topological polar surface area (TPSA) is 58.9 Å². The van der Waals surface area contributed by atoms with E-state index in [0.29, 0.717) is 11.4 Å². The number of carbonyl (C=O) groups excluding carboxylic acids is 2. The second-order valence-corrected chi connectivity index (χ2v) is 4.41. The van der Waals surface area contributed by atoms with Crippen LogP contribution in [0.15, 0.2) is 46.4 Å². The average Bonchev–Trinajstić information content (AvgIpc) is 2.44. The van der Waals surface area contributed by atoms with Gasteiger partial charge in [-0.3, -0.25) is 0 Å². The van der Waals surface area contributed by atoms with Gasteiger partial charge in [0, 0.05) is 0 Å². The summed E-state index contributed by atoms with van der Waals surface area (Å²) in [6.07, 6.45) is 3.08. The molecule has 0 saturated carbocycles. The van der Waals surface area contributed by atoms with Crippen molar-refractivity contribution in [1.29, 1.82) is 0 Å². The van der Waals surface area contributed by atoms with Crippen LogP contribution in [-0.2, 0) is 9.59 Å². The second-order valence-electron chi connectivity index (χ2n) is 4.41. The number of aryl methyl sites for hydroxylation is 2. The van der Waals surface area contributed by atoms with Crippen molar-refractivity contribution in [2.75, 3.05) is 0 Å². The van der Waals surface area contributed by atoms with Gasteiger partial charge in [0.15, 0.2) is 0 Å². The number of aliphatic imine (C=N–C) groups is 2. The minimum atomic E-state index is 0.543. The molecule has 0 saturated heterocycles. The molecule has 0 spiro atoms. The molecule has 2 rings (SSSR count). The summed E-state index contributed by atoms with van der Waals surface area (Å²) in [6.45, 7) is 3.84. The summed E-state index contributed by atoms with van der Waals surface area (Å²) in [6, 6.07) is 11.1. The van der Waals surface area contributed by atoms with E-state index in [-0.39, 0.29) is 0 Å². The minimum absolute atomic E-state index is 0.543. The molecule has 20 heavy (non-hydrogen) atoms. The van der Waals surface area contributed by atoms with Crippen LogP contribution in [0.4, 0.5) is 11.4 Å². The van der Waals surface area contributed by atoms with E-state index in [4.69, 9.17) is 0 Å². The first-order chi connectivity index (χ1) is 9.65. The number of isocyanates is 2. The van der Waals surface area contributed by atoms with Crippen LogP contribution >= 0.6 is 0 Å².